The molecule has 2 heterocycles. The van der Waals surface area contributed by atoms with Crippen LogP contribution in [0.2, 0.25) is 0 Å². The van der Waals surface area contributed by atoms with E-state index in [2.05, 4.69) is 0 Å². The van der Waals surface area contributed by atoms with E-state index in [0.717, 1.165) is 24.8 Å². The van der Waals surface area contributed by atoms with Gasteiger partial charge in [-0.25, -0.2) is 4.39 Å². The molecule has 2 aromatic rings. The minimum Gasteiger partial charge on any atom is -0.488 e. The van der Waals surface area contributed by atoms with Crippen LogP contribution in [-0.2, 0) is 16.0 Å². The van der Waals surface area contributed by atoms with Crippen molar-refractivity contribution in [1.82, 2.24) is 9.80 Å². The molecule has 5 nitrogen and oxygen atoms in total. The Kier molecular flexibility index (Phi) is 6.60. The van der Waals surface area contributed by atoms with Crippen LogP contribution < -0.4 is 4.74 Å². The summed E-state index contributed by atoms with van der Waals surface area (Å²) in [6.45, 7) is 5.23. The van der Waals surface area contributed by atoms with Gasteiger partial charge in [-0.05, 0) is 54.3 Å². The number of thiophene rings is 1. The molecule has 0 bridgehead atoms. The molecule has 166 valence electrons. The monoisotopic (exact) mass is 444 g/mol. The molecular weight excluding hydrogens is 415 g/mol. The Morgan fingerprint density at radius 2 is 2.03 bits per heavy atom. The zero-order valence-corrected chi connectivity index (χ0v) is 18.9. The molecule has 1 aromatic carbocycles. The third kappa shape index (κ3) is 5.09. The summed E-state index contributed by atoms with van der Waals surface area (Å²) >= 11 is 1.67. The molecule has 31 heavy (non-hydrogen) atoms. The van der Waals surface area contributed by atoms with E-state index < -0.39 is 5.82 Å². The van der Waals surface area contributed by atoms with Crippen LogP contribution in [0.25, 0.3) is 0 Å². The fourth-order valence-electron chi connectivity index (χ4n) is 4.07. The van der Waals surface area contributed by atoms with Crippen molar-refractivity contribution in [2.75, 3.05) is 26.2 Å². The zero-order chi connectivity index (χ0) is 22.0. The van der Waals surface area contributed by atoms with Crippen LogP contribution in [0.4, 0.5) is 4.39 Å². The summed E-state index contributed by atoms with van der Waals surface area (Å²) in [4.78, 5) is 30.8. The lowest BCUT2D eigenvalue weighted by molar-refractivity contribution is -0.144. The van der Waals surface area contributed by atoms with Gasteiger partial charge >= 0.3 is 0 Å². The predicted molar refractivity (Wildman–Crippen MR) is 119 cm³/mol. The molecule has 2 amide bonds. The lowest BCUT2D eigenvalue weighted by Gasteiger charge is -2.37. The molecule has 0 spiro atoms. The average Bonchev–Trinajstić information content (AvgIpc) is 3.44. The lowest BCUT2D eigenvalue weighted by Crippen LogP contribution is -2.49. The number of para-hydroxylation sites is 1. The van der Waals surface area contributed by atoms with E-state index in [1.54, 1.807) is 34.4 Å². The van der Waals surface area contributed by atoms with E-state index in [4.69, 9.17) is 4.74 Å². The van der Waals surface area contributed by atoms with Gasteiger partial charge in [-0.3, -0.25) is 9.59 Å². The van der Waals surface area contributed by atoms with E-state index in [-0.39, 0.29) is 42.7 Å². The summed E-state index contributed by atoms with van der Waals surface area (Å²) < 4.78 is 19.9. The average molecular weight is 445 g/mol. The minimum absolute atomic E-state index is 0.0210. The van der Waals surface area contributed by atoms with Crippen molar-refractivity contribution in [1.29, 1.82) is 0 Å². The predicted octanol–water partition coefficient (Wildman–Crippen LogP) is 4.29. The van der Waals surface area contributed by atoms with Crippen LogP contribution in [-0.4, -0.2) is 47.9 Å². The first-order valence-corrected chi connectivity index (χ1v) is 11.8. The molecule has 7 heteroatoms. The van der Waals surface area contributed by atoms with Gasteiger partial charge < -0.3 is 14.5 Å². The second-order valence-electron chi connectivity index (χ2n) is 8.71. The van der Waals surface area contributed by atoms with Gasteiger partial charge in [-0.15, -0.1) is 11.3 Å². The third-order valence-electron chi connectivity index (χ3n) is 5.96. The van der Waals surface area contributed by atoms with E-state index in [9.17, 15) is 14.0 Å². The molecule has 2 aliphatic rings. The van der Waals surface area contributed by atoms with Crippen molar-refractivity contribution in [2.24, 2.45) is 11.8 Å². The maximum Gasteiger partial charge on any atom is 0.242 e. The van der Waals surface area contributed by atoms with Gasteiger partial charge in [0.05, 0.1) is 12.6 Å². The highest BCUT2D eigenvalue weighted by Crippen LogP contribution is 2.35. The molecular formula is C24H29FN2O3S. The second-order valence-corrected chi connectivity index (χ2v) is 9.71. The smallest absolute Gasteiger partial charge is 0.242 e. The first-order valence-electron chi connectivity index (χ1n) is 11.0. The van der Waals surface area contributed by atoms with Gasteiger partial charge in [0.15, 0.2) is 11.6 Å². The van der Waals surface area contributed by atoms with Crippen LogP contribution in [0.15, 0.2) is 35.7 Å². The summed E-state index contributed by atoms with van der Waals surface area (Å²) in [6, 6.07) is 8.04. The van der Waals surface area contributed by atoms with E-state index >= 15 is 0 Å². The van der Waals surface area contributed by atoms with Gasteiger partial charge in [0.25, 0.3) is 0 Å². The highest BCUT2D eigenvalue weighted by molar-refractivity contribution is 7.10. The first kappa shape index (κ1) is 21.8. The van der Waals surface area contributed by atoms with E-state index in [0.29, 0.717) is 19.0 Å². The molecule has 0 N–H and O–H groups in total. The molecule has 1 aliphatic heterocycles. The summed E-state index contributed by atoms with van der Waals surface area (Å²) in [5.74, 6) is 0.0841. The summed E-state index contributed by atoms with van der Waals surface area (Å²) in [6.07, 6.45) is 3.03. The SMILES string of the molecule is CC(C)C(=O)N(CC(=O)N1CCc2sccc2[C@@H]1COc1ccccc1F)CC1CC1. The Hall–Kier alpha value is -2.41. The van der Waals surface area contributed by atoms with Crippen LogP contribution in [0.1, 0.15) is 43.2 Å². The molecule has 1 fully saturated rings. The van der Waals surface area contributed by atoms with Crippen molar-refractivity contribution in [3.8, 4) is 5.75 Å². The molecule has 1 atom stereocenters. The molecule has 0 radical (unpaired) electrons. The zero-order valence-electron chi connectivity index (χ0n) is 18.1. The number of amides is 2. The Morgan fingerprint density at radius 3 is 2.74 bits per heavy atom. The Balaban J connectivity index is 1.51. The van der Waals surface area contributed by atoms with Gasteiger partial charge in [-0.1, -0.05) is 26.0 Å². The fourth-order valence-corrected chi connectivity index (χ4v) is 5.00. The number of rotatable bonds is 8. The second kappa shape index (κ2) is 9.39. The Bertz CT molecular complexity index is 940. The van der Waals surface area contributed by atoms with Gasteiger partial charge in [0, 0.05) is 23.9 Å². The van der Waals surface area contributed by atoms with Crippen molar-refractivity contribution in [3.63, 3.8) is 0 Å². The van der Waals surface area contributed by atoms with Crippen LogP contribution >= 0.6 is 11.3 Å². The van der Waals surface area contributed by atoms with Gasteiger partial charge in [0.2, 0.25) is 11.8 Å². The number of halogens is 1. The molecule has 1 aromatic heterocycles. The fraction of sp³-hybridized carbons (Fsp3) is 0.500. The number of benzene rings is 1. The number of carbonyl (C=O) groups excluding carboxylic acids is 2. The molecule has 0 unspecified atom stereocenters. The number of fused-ring (bicyclic) bond motifs is 1. The maximum atomic E-state index is 14.1. The third-order valence-corrected chi connectivity index (χ3v) is 6.95. The van der Waals surface area contributed by atoms with E-state index in [1.165, 1.54) is 10.9 Å². The lowest BCUT2D eigenvalue weighted by atomic mass is 10.00. The minimum atomic E-state index is -0.417. The topological polar surface area (TPSA) is 49.9 Å². The molecule has 4 rings (SSSR count). The normalized spacial score (nSPS) is 18.1. The number of hydrogen-bond donors (Lipinski definition) is 0. The highest BCUT2D eigenvalue weighted by atomic mass is 32.1. The van der Waals surface area contributed by atoms with Crippen LogP contribution in [0.3, 0.4) is 0 Å². The quantitative estimate of drug-likeness (QED) is 0.610. The van der Waals surface area contributed by atoms with Gasteiger partial charge in [0.1, 0.15) is 6.61 Å². The van der Waals surface area contributed by atoms with Crippen LogP contribution in [0.5, 0.6) is 5.75 Å². The molecule has 0 saturated heterocycles. The molecule has 1 aliphatic carbocycles. The number of nitrogens with zero attached hydrogens (tertiary/aromatic N) is 2. The van der Waals surface area contributed by atoms with Gasteiger partial charge in [-0.2, -0.15) is 0 Å². The molecule has 1 saturated carbocycles. The highest BCUT2D eigenvalue weighted by Gasteiger charge is 2.35. The maximum absolute atomic E-state index is 14.1. The summed E-state index contributed by atoms with van der Waals surface area (Å²) in [5, 5.41) is 2.02. The van der Waals surface area contributed by atoms with Crippen LogP contribution in [0, 0.1) is 17.7 Å². The number of carbonyl (C=O) groups is 2. The van der Waals surface area contributed by atoms with E-state index in [1.807, 2.05) is 30.2 Å². The summed E-state index contributed by atoms with van der Waals surface area (Å²) in [5.41, 5.74) is 1.06. The standard InChI is InChI=1S/C24H29FN2O3S/c1-16(2)24(29)26(13-17-7-8-17)14-23(28)27-11-9-22-18(10-12-31-22)20(27)15-30-21-6-4-3-5-19(21)25/h3-6,10,12,16-17,20H,7-9,11,13-15H2,1-2H3/t20-/m0/s1. The number of hydrogen-bond acceptors (Lipinski definition) is 4. The Labute approximate surface area is 186 Å². The summed E-state index contributed by atoms with van der Waals surface area (Å²) in [7, 11) is 0. The first-order chi connectivity index (χ1) is 14.9. The van der Waals surface area contributed by atoms with Crippen molar-refractivity contribution >= 4 is 23.2 Å². The van der Waals surface area contributed by atoms with Crippen molar-refractivity contribution in [3.05, 3.63) is 52.0 Å². The Morgan fingerprint density at radius 1 is 1.26 bits per heavy atom. The van der Waals surface area contributed by atoms with Crippen molar-refractivity contribution in [2.45, 2.75) is 39.2 Å². The largest absolute Gasteiger partial charge is 0.488 e. The number of ether oxygens (including phenoxy) is 1. The van der Waals surface area contributed by atoms with Crippen molar-refractivity contribution < 1.29 is 18.7 Å².